The predicted molar refractivity (Wildman–Crippen MR) is 80.9 cm³/mol. The topological polar surface area (TPSA) is 45.5 Å². The molecule has 4 nitrogen and oxygen atoms in total. The molecule has 1 amide bonds. The van der Waals surface area contributed by atoms with Crippen LogP contribution in [0.25, 0.3) is 5.52 Å². The monoisotopic (exact) mass is 333 g/mol. The molecule has 0 radical (unpaired) electrons. The van der Waals surface area contributed by atoms with Crippen LogP contribution in [0.2, 0.25) is 0 Å². The summed E-state index contributed by atoms with van der Waals surface area (Å²) in [4.78, 5) is 12.4. The van der Waals surface area contributed by atoms with Gasteiger partial charge in [0.2, 0.25) is 0 Å². The Balaban J connectivity index is 1.56. The van der Waals surface area contributed by atoms with Crippen LogP contribution in [-0.4, -0.2) is 28.4 Å². The lowest BCUT2D eigenvalue weighted by Gasteiger charge is -2.21. The van der Waals surface area contributed by atoms with Gasteiger partial charge in [0.05, 0.1) is 5.52 Å². The standard InChI is InChI=1S/C15H16BrN3O/c16-11-4-6-19-5-3-9(7-14(11)19)15(20)18-13-8-10-1-2-12(13)17-10/h3-7,10,12-13,17H,1-2,8H2,(H,18,20). The van der Waals surface area contributed by atoms with Gasteiger partial charge in [-0.15, -0.1) is 0 Å². The summed E-state index contributed by atoms with van der Waals surface area (Å²) >= 11 is 3.50. The van der Waals surface area contributed by atoms with Gasteiger partial charge in [-0.3, -0.25) is 4.79 Å². The summed E-state index contributed by atoms with van der Waals surface area (Å²) in [6, 6.07) is 7.14. The summed E-state index contributed by atoms with van der Waals surface area (Å²) in [7, 11) is 0. The summed E-state index contributed by atoms with van der Waals surface area (Å²) < 4.78 is 3.01. The average molecular weight is 334 g/mol. The fraction of sp³-hybridized carbons (Fsp3) is 0.400. The van der Waals surface area contributed by atoms with E-state index in [0.29, 0.717) is 12.1 Å². The van der Waals surface area contributed by atoms with E-state index in [9.17, 15) is 4.79 Å². The number of pyridine rings is 1. The minimum Gasteiger partial charge on any atom is -0.348 e. The van der Waals surface area contributed by atoms with E-state index in [-0.39, 0.29) is 11.9 Å². The maximum atomic E-state index is 12.4. The second-order valence-electron chi connectivity index (χ2n) is 5.73. The van der Waals surface area contributed by atoms with E-state index in [1.807, 2.05) is 35.0 Å². The number of hydrogen-bond acceptors (Lipinski definition) is 2. The van der Waals surface area contributed by atoms with Crippen LogP contribution in [0.15, 0.2) is 35.1 Å². The number of nitrogens with one attached hydrogen (secondary N) is 2. The number of carbonyl (C=O) groups excluding carboxylic acids is 1. The van der Waals surface area contributed by atoms with E-state index >= 15 is 0 Å². The Morgan fingerprint density at radius 1 is 1.35 bits per heavy atom. The van der Waals surface area contributed by atoms with Gasteiger partial charge in [0.1, 0.15) is 0 Å². The Labute approximate surface area is 125 Å². The molecule has 3 unspecified atom stereocenters. The van der Waals surface area contributed by atoms with E-state index in [2.05, 4.69) is 26.6 Å². The zero-order valence-electron chi connectivity index (χ0n) is 11.0. The number of amides is 1. The first-order chi connectivity index (χ1) is 9.70. The van der Waals surface area contributed by atoms with Crippen molar-refractivity contribution in [3.8, 4) is 0 Å². The molecule has 4 heterocycles. The molecule has 104 valence electrons. The maximum absolute atomic E-state index is 12.4. The minimum absolute atomic E-state index is 0.0277. The lowest BCUT2D eigenvalue weighted by Crippen LogP contribution is -2.42. The molecule has 4 rings (SSSR count). The zero-order chi connectivity index (χ0) is 13.7. The number of aromatic nitrogens is 1. The van der Waals surface area contributed by atoms with Crippen LogP contribution in [0.5, 0.6) is 0 Å². The molecular formula is C15H16BrN3O. The normalized spacial score (nSPS) is 28.1. The summed E-state index contributed by atoms with van der Waals surface area (Å²) in [5.74, 6) is 0.0277. The van der Waals surface area contributed by atoms with Gasteiger partial charge in [0, 0.05) is 40.6 Å². The lowest BCUT2D eigenvalue weighted by atomic mass is 9.95. The highest BCUT2D eigenvalue weighted by molar-refractivity contribution is 9.10. The summed E-state index contributed by atoms with van der Waals surface area (Å²) in [5, 5.41) is 6.72. The molecule has 2 bridgehead atoms. The minimum atomic E-state index is 0.0277. The van der Waals surface area contributed by atoms with Gasteiger partial charge < -0.3 is 15.0 Å². The molecule has 0 saturated carbocycles. The van der Waals surface area contributed by atoms with Gasteiger partial charge >= 0.3 is 0 Å². The van der Waals surface area contributed by atoms with E-state index in [1.165, 1.54) is 12.8 Å². The number of carbonyl (C=O) groups is 1. The maximum Gasteiger partial charge on any atom is 0.251 e. The molecule has 0 aromatic carbocycles. The Morgan fingerprint density at radius 2 is 2.20 bits per heavy atom. The van der Waals surface area contributed by atoms with Crippen molar-refractivity contribution in [3.63, 3.8) is 0 Å². The van der Waals surface area contributed by atoms with Crippen molar-refractivity contribution in [1.82, 2.24) is 15.0 Å². The molecule has 2 aliphatic heterocycles. The van der Waals surface area contributed by atoms with Crippen molar-refractivity contribution in [2.45, 2.75) is 37.4 Å². The third kappa shape index (κ3) is 1.96. The van der Waals surface area contributed by atoms with Gasteiger partial charge in [0.15, 0.2) is 0 Å². The predicted octanol–water partition coefficient (Wildman–Crippen LogP) is 2.32. The first kappa shape index (κ1) is 12.4. The molecule has 3 atom stereocenters. The molecule has 2 aromatic heterocycles. The largest absolute Gasteiger partial charge is 0.348 e. The molecular weight excluding hydrogens is 318 g/mol. The third-order valence-corrected chi connectivity index (χ3v) is 5.16. The van der Waals surface area contributed by atoms with Crippen molar-refractivity contribution in [3.05, 3.63) is 40.6 Å². The second kappa shape index (κ2) is 4.60. The van der Waals surface area contributed by atoms with E-state index in [0.717, 1.165) is 22.0 Å². The molecule has 2 N–H and O–H groups in total. The molecule has 2 saturated heterocycles. The van der Waals surface area contributed by atoms with Crippen LogP contribution in [0.1, 0.15) is 29.6 Å². The van der Waals surface area contributed by atoms with Crippen LogP contribution < -0.4 is 10.6 Å². The SMILES string of the molecule is O=C(NC1CC2CCC1N2)c1ccn2ccc(Br)c2c1. The lowest BCUT2D eigenvalue weighted by molar-refractivity contribution is 0.0931. The van der Waals surface area contributed by atoms with Crippen molar-refractivity contribution in [1.29, 1.82) is 0 Å². The summed E-state index contributed by atoms with van der Waals surface area (Å²) in [5.41, 5.74) is 1.74. The van der Waals surface area contributed by atoms with Gasteiger partial charge in [0.25, 0.3) is 5.91 Å². The summed E-state index contributed by atoms with van der Waals surface area (Å²) in [6.07, 6.45) is 7.39. The highest BCUT2D eigenvalue weighted by Gasteiger charge is 2.39. The molecule has 20 heavy (non-hydrogen) atoms. The highest BCUT2D eigenvalue weighted by Crippen LogP contribution is 2.28. The highest BCUT2D eigenvalue weighted by atomic mass is 79.9. The molecule has 2 fully saturated rings. The Kier molecular flexibility index (Phi) is 2.86. The Morgan fingerprint density at radius 3 is 2.95 bits per heavy atom. The third-order valence-electron chi connectivity index (χ3n) is 4.49. The molecule has 2 aliphatic rings. The Hall–Kier alpha value is -1.33. The number of hydrogen-bond donors (Lipinski definition) is 2. The first-order valence-electron chi connectivity index (χ1n) is 7.04. The molecule has 0 spiro atoms. The van der Waals surface area contributed by atoms with Crippen LogP contribution >= 0.6 is 15.9 Å². The van der Waals surface area contributed by atoms with Crippen molar-refractivity contribution in [2.24, 2.45) is 0 Å². The number of halogens is 1. The van der Waals surface area contributed by atoms with Gasteiger partial charge in [-0.1, -0.05) is 0 Å². The molecule has 2 aromatic rings. The fourth-order valence-corrected chi connectivity index (χ4v) is 3.88. The van der Waals surface area contributed by atoms with Crippen LogP contribution in [-0.2, 0) is 0 Å². The zero-order valence-corrected chi connectivity index (χ0v) is 12.6. The number of fused-ring (bicyclic) bond motifs is 3. The van der Waals surface area contributed by atoms with Crippen LogP contribution in [0.4, 0.5) is 0 Å². The van der Waals surface area contributed by atoms with Gasteiger partial charge in [-0.25, -0.2) is 0 Å². The van der Waals surface area contributed by atoms with Crippen molar-refractivity contribution < 1.29 is 4.79 Å². The quantitative estimate of drug-likeness (QED) is 0.885. The number of nitrogens with zero attached hydrogens (tertiary/aromatic N) is 1. The molecule has 0 aliphatic carbocycles. The first-order valence-corrected chi connectivity index (χ1v) is 7.83. The van der Waals surface area contributed by atoms with Crippen molar-refractivity contribution >= 4 is 27.4 Å². The summed E-state index contributed by atoms with van der Waals surface area (Å²) in [6.45, 7) is 0. The Bertz CT molecular complexity index is 681. The van der Waals surface area contributed by atoms with E-state index < -0.39 is 0 Å². The smallest absolute Gasteiger partial charge is 0.251 e. The van der Waals surface area contributed by atoms with E-state index in [1.54, 1.807) is 0 Å². The van der Waals surface area contributed by atoms with Crippen LogP contribution in [0.3, 0.4) is 0 Å². The molecule has 5 heteroatoms. The van der Waals surface area contributed by atoms with Gasteiger partial charge in [-0.05, 0) is 53.4 Å². The fourth-order valence-electron chi connectivity index (χ4n) is 3.44. The van der Waals surface area contributed by atoms with Crippen LogP contribution in [0, 0.1) is 0 Å². The van der Waals surface area contributed by atoms with Gasteiger partial charge in [-0.2, -0.15) is 0 Å². The average Bonchev–Trinajstić information content (AvgIpc) is 3.15. The van der Waals surface area contributed by atoms with Crippen molar-refractivity contribution in [2.75, 3.05) is 0 Å². The van der Waals surface area contributed by atoms with E-state index in [4.69, 9.17) is 0 Å². The number of rotatable bonds is 2. The second-order valence-corrected chi connectivity index (χ2v) is 6.59.